The van der Waals surface area contributed by atoms with Crippen molar-refractivity contribution in [1.82, 2.24) is 4.90 Å². The van der Waals surface area contributed by atoms with Gasteiger partial charge >= 0.3 is 6.18 Å². The van der Waals surface area contributed by atoms with Crippen molar-refractivity contribution < 1.29 is 18.0 Å². The number of rotatable bonds is 2. The van der Waals surface area contributed by atoms with Crippen molar-refractivity contribution in [1.29, 1.82) is 0 Å². The topological polar surface area (TPSA) is 20.3 Å². The number of halogens is 3. The predicted octanol–water partition coefficient (Wildman–Crippen LogP) is 5.00. The summed E-state index contributed by atoms with van der Waals surface area (Å²) in [5.74, 6) is -0.0507. The van der Waals surface area contributed by atoms with Gasteiger partial charge < -0.3 is 4.90 Å². The highest BCUT2D eigenvalue weighted by Gasteiger charge is 2.30. The fraction of sp³-hybridized carbons (Fsp3) is 0.316. The molecule has 0 atom stereocenters. The van der Waals surface area contributed by atoms with Gasteiger partial charge in [0.25, 0.3) is 5.91 Å². The van der Waals surface area contributed by atoms with E-state index in [-0.39, 0.29) is 5.91 Å². The summed E-state index contributed by atoms with van der Waals surface area (Å²) >= 11 is 0. The van der Waals surface area contributed by atoms with E-state index in [1.807, 2.05) is 4.90 Å². The van der Waals surface area contributed by atoms with Crippen molar-refractivity contribution in [3.05, 3.63) is 59.7 Å². The first-order valence-electron chi connectivity index (χ1n) is 8.03. The maximum atomic E-state index is 12.8. The van der Waals surface area contributed by atoms with Crippen LogP contribution in [0, 0.1) is 0 Å². The minimum Gasteiger partial charge on any atom is -0.339 e. The fourth-order valence-corrected chi connectivity index (χ4v) is 3.03. The van der Waals surface area contributed by atoms with Crippen LogP contribution in [0.4, 0.5) is 13.2 Å². The average molecular weight is 333 g/mol. The third kappa shape index (κ3) is 3.45. The molecule has 1 fully saturated rings. The molecule has 0 unspecified atom stereocenters. The monoisotopic (exact) mass is 333 g/mol. The molecular weight excluding hydrogens is 315 g/mol. The van der Waals surface area contributed by atoms with Gasteiger partial charge in [-0.1, -0.05) is 30.3 Å². The molecule has 2 aromatic rings. The minimum absolute atomic E-state index is 0.0507. The van der Waals surface area contributed by atoms with Crippen LogP contribution >= 0.6 is 0 Å². The van der Waals surface area contributed by atoms with Gasteiger partial charge in [0.2, 0.25) is 0 Å². The Balaban J connectivity index is 1.93. The van der Waals surface area contributed by atoms with Crippen LogP contribution in [0.2, 0.25) is 0 Å². The van der Waals surface area contributed by atoms with Crippen LogP contribution in [0.25, 0.3) is 11.1 Å². The second-order valence-electron chi connectivity index (χ2n) is 5.97. The zero-order chi connectivity index (χ0) is 17.2. The molecule has 1 aliphatic heterocycles. The summed E-state index contributed by atoms with van der Waals surface area (Å²) in [6, 6.07) is 12.0. The Morgan fingerprint density at radius 3 is 2.12 bits per heavy atom. The summed E-state index contributed by atoms with van der Waals surface area (Å²) in [4.78, 5) is 14.6. The first kappa shape index (κ1) is 16.6. The maximum absolute atomic E-state index is 12.8. The highest BCUT2D eigenvalue weighted by Crippen LogP contribution is 2.32. The van der Waals surface area contributed by atoms with Crippen LogP contribution < -0.4 is 0 Å². The highest BCUT2D eigenvalue weighted by atomic mass is 19.4. The van der Waals surface area contributed by atoms with Gasteiger partial charge in [-0.25, -0.2) is 0 Å². The molecule has 0 saturated carbocycles. The summed E-state index contributed by atoms with van der Waals surface area (Å²) in [6.07, 6.45) is -1.24. The molecule has 0 aliphatic carbocycles. The van der Waals surface area contributed by atoms with Gasteiger partial charge in [-0.05, 0) is 48.6 Å². The van der Waals surface area contributed by atoms with E-state index in [2.05, 4.69) is 0 Å². The molecule has 126 valence electrons. The quantitative estimate of drug-likeness (QED) is 0.757. The van der Waals surface area contributed by atoms with E-state index in [1.54, 1.807) is 24.3 Å². The molecule has 0 aromatic heterocycles. The number of alkyl halides is 3. The Morgan fingerprint density at radius 2 is 1.50 bits per heavy atom. The lowest BCUT2D eigenvalue weighted by atomic mass is 9.97. The number of carbonyl (C=O) groups excluding carboxylic acids is 1. The molecule has 1 aliphatic rings. The van der Waals surface area contributed by atoms with Crippen molar-refractivity contribution in [2.75, 3.05) is 13.1 Å². The molecule has 2 nitrogen and oxygen atoms in total. The van der Waals surface area contributed by atoms with Gasteiger partial charge in [-0.3, -0.25) is 4.79 Å². The van der Waals surface area contributed by atoms with E-state index in [0.717, 1.165) is 44.5 Å². The molecule has 2 aromatic carbocycles. The number of amides is 1. The van der Waals surface area contributed by atoms with Gasteiger partial charge in [0.1, 0.15) is 0 Å². The summed E-state index contributed by atoms with van der Waals surface area (Å²) in [5, 5.41) is 0. The van der Waals surface area contributed by atoms with Crippen LogP contribution in [0.1, 0.15) is 35.2 Å². The Hall–Kier alpha value is -2.30. The lowest BCUT2D eigenvalue weighted by molar-refractivity contribution is -0.137. The number of carbonyl (C=O) groups is 1. The van der Waals surface area contributed by atoms with Crippen molar-refractivity contribution in [3.63, 3.8) is 0 Å². The molecular formula is C19H18F3NO. The van der Waals surface area contributed by atoms with Gasteiger partial charge in [0.05, 0.1) is 5.56 Å². The molecule has 24 heavy (non-hydrogen) atoms. The first-order chi connectivity index (χ1) is 11.5. The number of likely N-dealkylation sites (tertiary alicyclic amines) is 1. The molecule has 0 N–H and O–H groups in total. The van der Waals surface area contributed by atoms with E-state index in [4.69, 9.17) is 0 Å². The zero-order valence-electron chi connectivity index (χ0n) is 13.1. The summed E-state index contributed by atoms with van der Waals surface area (Å²) < 4.78 is 38.1. The lowest BCUT2D eigenvalue weighted by Crippen LogP contribution is -2.35. The van der Waals surface area contributed by atoms with Crippen LogP contribution in [0.5, 0.6) is 0 Å². The van der Waals surface area contributed by atoms with Crippen LogP contribution in [-0.4, -0.2) is 23.9 Å². The maximum Gasteiger partial charge on any atom is 0.416 e. The van der Waals surface area contributed by atoms with Gasteiger partial charge in [0.15, 0.2) is 0 Å². The summed E-state index contributed by atoms with van der Waals surface area (Å²) in [6.45, 7) is 1.47. The van der Waals surface area contributed by atoms with Gasteiger partial charge in [0, 0.05) is 18.7 Å². The number of hydrogen-bond donors (Lipinski definition) is 0. The van der Waals surface area contributed by atoms with E-state index >= 15 is 0 Å². The van der Waals surface area contributed by atoms with Crippen LogP contribution in [0.15, 0.2) is 48.5 Å². The molecule has 1 saturated heterocycles. The van der Waals surface area contributed by atoms with Crippen molar-refractivity contribution in [3.8, 4) is 11.1 Å². The second-order valence-corrected chi connectivity index (χ2v) is 5.97. The molecule has 1 amide bonds. The van der Waals surface area contributed by atoms with E-state index in [9.17, 15) is 18.0 Å². The molecule has 0 radical (unpaired) electrons. The van der Waals surface area contributed by atoms with E-state index < -0.39 is 11.7 Å². The summed E-state index contributed by atoms with van der Waals surface area (Å²) in [5.41, 5.74) is 1.14. The number of benzene rings is 2. The normalized spacial score (nSPS) is 15.4. The Bertz CT molecular complexity index is 716. The summed E-state index contributed by atoms with van der Waals surface area (Å²) in [7, 11) is 0. The van der Waals surface area contributed by atoms with Crippen LogP contribution in [-0.2, 0) is 6.18 Å². The minimum atomic E-state index is -4.36. The second kappa shape index (κ2) is 6.67. The van der Waals surface area contributed by atoms with Crippen LogP contribution in [0.3, 0.4) is 0 Å². The predicted molar refractivity (Wildman–Crippen MR) is 86.6 cm³/mol. The standard InChI is InChI=1S/C19H18F3NO/c20-19(21,22)15-10-8-14(9-11-15)16-6-2-3-7-17(16)18(24)23-12-4-1-5-13-23/h2-3,6-11H,1,4-5,12-13H2. The van der Waals surface area contributed by atoms with Gasteiger partial charge in [-0.15, -0.1) is 0 Å². The Labute approximate surface area is 138 Å². The first-order valence-corrected chi connectivity index (χ1v) is 8.03. The highest BCUT2D eigenvalue weighted by molar-refractivity contribution is 6.00. The molecule has 0 spiro atoms. The van der Waals surface area contributed by atoms with Crippen molar-refractivity contribution in [2.24, 2.45) is 0 Å². The fourth-order valence-electron chi connectivity index (χ4n) is 3.03. The molecule has 3 rings (SSSR count). The van der Waals surface area contributed by atoms with E-state index in [1.165, 1.54) is 12.1 Å². The molecule has 0 bridgehead atoms. The molecule has 5 heteroatoms. The Morgan fingerprint density at radius 1 is 0.875 bits per heavy atom. The number of nitrogens with zero attached hydrogens (tertiary/aromatic N) is 1. The largest absolute Gasteiger partial charge is 0.416 e. The molecule has 1 heterocycles. The smallest absolute Gasteiger partial charge is 0.339 e. The SMILES string of the molecule is O=C(c1ccccc1-c1ccc(C(F)(F)F)cc1)N1CCCCC1. The van der Waals surface area contributed by atoms with E-state index in [0.29, 0.717) is 16.7 Å². The number of piperidine rings is 1. The number of hydrogen-bond acceptors (Lipinski definition) is 1. The zero-order valence-corrected chi connectivity index (χ0v) is 13.1. The third-order valence-electron chi connectivity index (χ3n) is 4.32. The van der Waals surface area contributed by atoms with Crippen molar-refractivity contribution >= 4 is 5.91 Å². The Kier molecular flexibility index (Phi) is 4.60. The van der Waals surface area contributed by atoms with Gasteiger partial charge in [-0.2, -0.15) is 13.2 Å². The average Bonchev–Trinajstić information content (AvgIpc) is 2.61. The van der Waals surface area contributed by atoms with Crippen molar-refractivity contribution in [2.45, 2.75) is 25.4 Å². The third-order valence-corrected chi connectivity index (χ3v) is 4.32. The lowest BCUT2D eigenvalue weighted by Gasteiger charge is -2.27.